The van der Waals surface area contributed by atoms with Gasteiger partial charge in [-0.1, -0.05) is 28.1 Å². The Balaban J connectivity index is 2.42. The average Bonchev–Trinajstić information content (AvgIpc) is 3.00. The molecule has 5 nitrogen and oxygen atoms in total. The molecule has 0 aliphatic carbocycles. The SMILES string of the molecule is COc1cc(OC)c2c(-c3ccc(Br)cc3)c(CO)[nH]c2c1CO. The largest absolute Gasteiger partial charge is 0.496 e. The number of H-pyrrole nitrogens is 1. The fourth-order valence-electron chi connectivity index (χ4n) is 2.98. The quantitative estimate of drug-likeness (QED) is 0.620. The topological polar surface area (TPSA) is 74.7 Å². The number of hydrogen-bond acceptors (Lipinski definition) is 4. The van der Waals surface area contributed by atoms with Gasteiger partial charge in [-0.2, -0.15) is 0 Å². The first kappa shape index (κ1) is 16.8. The zero-order chi connectivity index (χ0) is 17.3. The second-order valence-corrected chi connectivity index (χ2v) is 6.23. The van der Waals surface area contributed by atoms with Crippen LogP contribution in [0.3, 0.4) is 0 Å². The van der Waals surface area contributed by atoms with Crippen molar-refractivity contribution in [2.75, 3.05) is 14.2 Å². The summed E-state index contributed by atoms with van der Waals surface area (Å²) in [4.78, 5) is 3.21. The van der Waals surface area contributed by atoms with Crippen LogP contribution in [0, 0.1) is 0 Å². The van der Waals surface area contributed by atoms with E-state index in [1.807, 2.05) is 24.3 Å². The Kier molecular flexibility index (Phi) is 4.80. The number of hydrogen-bond donors (Lipinski definition) is 3. The van der Waals surface area contributed by atoms with Crippen LogP contribution in [0.15, 0.2) is 34.8 Å². The summed E-state index contributed by atoms with van der Waals surface area (Å²) in [6.07, 6.45) is 0. The highest BCUT2D eigenvalue weighted by molar-refractivity contribution is 9.10. The van der Waals surface area contributed by atoms with Gasteiger partial charge in [-0.15, -0.1) is 0 Å². The van der Waals surface area contributed by atoms with Crippen molar-refractivity contribution in [1.29, 1.82) is 0 Å². The maximum absolute atomic E-state index is 9.81. The number of fused-ring (bicyclic) bond motifs is 1. The zero-order valence-electron chi connectivity index (χ0n) is 13.4. The highest BCUT2D eigenvalue weighted by Gasteiger charge is 2.22. The van der Waals surface area contributed by atoms with Crippen LogP contribution in [0.1, 0.15) is 11.3 Å². The summed E-state index contributed by atoms with van der Waals surface area (Å²) >= 11 is 3.43. The van der Waals surface area contributed by atoms with Gasteiger partial charge in [0.25, 0.3) is 0 Å². The predicted molar refractivity (Wildman–Crippen MR) is 96.4 cm³/mol. The lowest BCUT2D eigenvalue weighted by Crippen LogP contribution is -1.96. The van der Waals surface area contributed by atoms with E-state index in [1.165, 1.54) is 0 Å². The van der Waals surface area contributed by atoms with Gasteiger partial charge < -0.3 is 24.7 Å². The molecule has 6 heteroatoms. The lowest BCUT2D eigenvalue weighted by atomic mass is 9.99. The normalized spacial score (nSPS) is 11.0. The van der Waals surface area contributed by atoms with Gasteiger partial charge in [0.2, 0.25) is 0 Å². The lowest BCUT2D eigenvalue weighted by molar-refractivity contribution is 0.274. The van der Waals surface area contributed by atoms with Crippen molar-refractivity contribution in [3.8, 4) is 22.6 Å². The standard InChI is InChI=1S/C18H18BrNO4/c1-23-14-7-15(24-2)17-16(10-3-5-11(19)6-4-10)13(9-22)20-18(17)12(14)8-21/h3-7,20-22H,8-9H2,1-2H3. The van der Waals surface area contributed by atoms with E-state index in [4.69, 9.17) is 9.47 Å². The van der Waals surface area contributed by atoms with E-state index >= 15 is 0 Å². The average molecular weight is 392 g/mol. The number of halogens is 1. The summed E-state index contributed by atoms with van der Waals surface area (Å²) in [5.74, 6) is 1.16. The first-order valence-corrected chi connectivity index (χ1v) is 8.20. The van der Waals surface area contributed by atoms with Gasteiger partial charge in [0, 0.05) is 27.4 Å². The molecule has 0 amide bonds. The van der Waals surface area contributed by atoms with Crippen LogP contribution in [-0.4, -0.2) is 29.4 Å². The summed E-state index contributed by atoms with van der Waals surface area (Å²) in [6, 6.07) is 9.57. The first-order valence-electron chi connectivity index (χ1n) is 7.40. The fraction of sp³-hybridized carbons (Fsp3) is 0.222. The third-order valence-electron chi connectivity index (χ3n) is 4.07. The van der Waals surface area contributed by atoms with Crippen molar-refractivity contribution in [1.82, 2.24) is 4.98 Å². The third kappa shape index (κ3) is 2.66. The Morgan fingerprint density at radius 2 is 1.67 bits per heavy atom. The lowest BCUT2D eigenvalue weighted by Gasteiger charge is -2.12. The van der Waals surface area contributed by atoms with Crippen LogP contribution in [-0.2, 0) is 13.2 Å². The highest BCUT2D eigenvalue weighted by Crippen LogP contribution is 2.43. The monoisotopic (exact) mass is 391 g/mol. The Bertz CT molecular complexity index is 871. The number of aliphatic hydroxyl groups excluding tert-OH is 2. The molecule has 0 bridgehead atoms. The minimum absolute atomic E-state index is 0.156. The molecule has 0 saturated carbocycles. The third-order valence-corrected chi connectivity index (χ3v) is 4.60. The number of aliphatic hydroxyl groups is 2. The summed E-state index contributed by atoms with van der Waals surface area (Å²) in [5.41, 5.74) is 3.80. The molecule has 1 aromatic heterocycles. The molecule has 0 unspecified atom stereocenters. The molecule has 0 atom stereocenters. The Hall–Kier alpha value is -2.02. The smallest absolute Gasteiger partial charge is 0.132 e. The van der Waals surface area contributed by atoms with Crippen LogP contribution in [0.2, 0.25) is 0 Å². The molecule has 126 valence electrons. The molecule has 0 spiro atoms. The number of aromatic amines is 1. The van der Waals surface area contributed by atoms with Crippen molar-refractivity contribution in [3.05, 3.63) is 46.1 Å². The minimum atomic E-state index is -0.186. The van der Waals surface area contributed by atoms with Gasteiger partial charge in [0.05, 0.1) is 38.3 Å². The molecule has 3 rings (SSSR count). The number of ether oxygens (including phenoxy) is 2. The van der Waals surface area contributed by atoms with E-state index < -0.39 is 0 Å². The molecular weight excluding hydrogens is 374 g/mol. The van der Waals surface area contributed by atoms with Gasteiger partial charge in [-0.3, -0.25) is 0 Å². The van der Waals surface area contributed by atoms with E-state index in [1.54, 1.807) is 20.3 Å². The molecule has 24 heavy (non-hydrogen) atoms. The zero-order valence-corrected chi connectivity index (χ0v) is 15.0. The van der Waals surface area contributed by atoms with Crippen molar-refractivity contribution < 1.29 is 19.7 Å². The highest BCUT2D eigenvalue weighted by atomic mass is 79.9. The van der Waals surface area contributed by atoms with Crippen LogP contribution >= 0.6 is 15.9 Å². The summed E-state index contributed by atoms with van der Waals surface area (Å²) in [5, 5.41) is 20.4. The van der Waals surface area contributed by atoms with Crippen LogP contribution < -0.4 is 9.47 Å². The number of nitrogens with one attached hydrogen (secondary N) is 1. The van der Waals surface area contributed by atoms with Crippen LogP contribution in [0.25, 0.3) is 22.0 Å². The molecular formula is C18H18BrNO4. The molecule has 0 aliphatic heterocycles. The molecule has 1 heterocycles. The van der Waals surface area contributed by atoms with E-state index in [9.17, 15) is 10.2 Å². The Morgan fingerprint density at radius 1 is 1.00 bits per heavy atom. The molecule has 2 aromatic carbocycles. The van der Waals surface area contributed by atoms with Gasteiger partial charge >= 0.3 is 0 Å². The first-order chi connectivity index (χ1) is 11.6. The van der Waals surface area contributed by atoms with Gasteiger partial charge in [0.1, 0.15) is 11.5 Å². The van der Waals surface area contributed by atoms with Crippen molar-refractivity contribution in [3.63, 3.8) is 0 Å². The van der Waals surface area contributed by atoms with E-state index in [0.29, 0.717) is 28.3 Å². The van der Waals surface area contributed by atoms with Gasteiger partial charge in [-0.05, 0) is 17.7 Å². The molecule has 0 radical (unpaired) electrons. The van der Waals surface area contributed by atoms with Gasteiger partial charge in [0.15, 0.2) is 0 Å². The Morgan fingerprint density at radius 3 is 2.21 bits per heavy atom. The van der Waals surface area contributed by atoms with Gasteiger partial charge in [-0.25, -0.2) is 0 Å². The summed E-state index contributed by atoms with van der Waals surface area (Å²) in [7, 11) is 3.13. The molecule has 0 saturated heterocycles. The van der Waals surface area contributed by atoms with E-state index in [0.717, 1.165) is 21.0 Å². The maximum atomic E-state index is 9.81. The van der Waals surface area contributed by atoms with E-state index in [-0.39, 0.29) is 13.2 Å². The maximum Gasteiger partial charge on any atom is 0.132 e. The fourth-order valence-corrected chi connectivity index (χ4v) is 3.24. The molecule has 0 fully saturated rings. The van der Waals surface area contributed by atoms with Crippen LogP contribution in [0.5, 0.6) is 11.5 Å². The minimum Gasteiger partial charge on any atom is -0.496 e. The molecule has 3 N–H and O–H groups in total. The number of benzene rings is 2. The van der Waals surface area contributed by atoms with Crippen molar-refractivity contribution in [2.24, 2.45) is 0 Å². The van der Waals surface area contributed by atoms with E-state index in [2.05, 4.69) is 20.9 Å². The second-order valence-electron chi connectivity index (χ2n) is 5.31. The number of methoxy groups -OCH3 is 2. The van der Waals surface area contributed by atoms with Crippen molar-refractivity contribution >= 4 is 26.8 Å². The predicted octanol–water partition coefficient (Wildman–Crippen LogP) is 3.60. The number of aromatic nitrogens is 1. The Labute approximate surface area is 148 Å². The van der Waals surface area contributed by atoms with Crippen molar-refractivity contribution in [2.45, 2.75) is 13.2 Å². The number of rotatable bonds is 5. The van der Waals surface area contributed by atoms with Crippen LogP contribution in [0.4, 0.5) is 0 Å². The molecule has 0 aliphatic rings. The summed E-state index contributed by atoms with van der Waals surface area (Å²) in [6.45, 7) is -0.342. The summed E-state index contributed by atoms with van der Waals surface area (Å²) < 4.78 is 11.9. The second kappa shape index (κ2) is 6.84. The molecule has 3 aromatic rings.